The van der Waals surface area contributed by atoms with Gasteiger partial charge < -0.3 is 4.74 Å². The molecule has 0 unspecified atom stereocenters. The summed E-state index contributed by atoms with van der Waals surface area (Å²) < 4.78 is 6.20. The number of fused-ring (bicyclic) bond motifs is 1. The van der Waals surface area contributed by atoms with E-state index in [-0.39, 0.29) is 0 Å². The molecule has 1 heterocycles. The van der Waals surface area contributed by atoms with E-state index in [1.54, 1.807) is 7.11 Å². The molecule has 0 spiro atoms. The minimum atomic E-state index is 0.862. The predicted octanol–water partition coefficient (Wildman–Crippen LogP) is 3.31. The maximum absolute atomic E-state index is 5.17. The van der Waals surface area contributed by atoms with Gasteiger partial charge in [0.05, 0.1) is 12.6 Å². The summed E-state index contributed by atoms with van der Waals surface area (Å²) in [6.45, 7) is 2.06. The lowest BCUT2D eigenvalue weighted by atomic mass is 10.1. The van der Waals surface area contributed by atoms with Gasteiger partial charge in [-0.1, -0.05) is 0 Å². The Morgan fingerprint density at radius 1 is 1.36 bits per heavy atom. The highest BCUT2D eigenvalue weighted by Crippen LogP contribution is 2.26. The maximum atomic E-state index is 5.17. The van der Waals surface area contributed by atoms with Gasteiger partial charge in [-0.15, -0.1) is 0 Å². The first-order valence-corrected chi connectivity index (χ1v) is 5.10. The Hall–Kier alpha value is -1.09. The van der Waals surface area contributed by atoms with Crippen molar-refractivity contribution in [3.8, 4) is 5.75 Å². The standard InChI is InChI=1S/C11H10BrNO/c1-7-9-5-8(14-2)3-4-11(9)13-6-10(7)12/h3-6H,1-2H3. The van der Waals surface area contributed by atoms with Gasteiger partial charge in [0.1, 0.15) is 5.75 Å². The molecule has 0 fully saturated rings. The number of hydrogen-bond donors (Lipinski definition) is 0. The first kappa shape index (κ1) is 9.46. The van der Waals surface area contributed by atoms with Gasteiger partial charge in [-0.25, -0.2) is 0 Å². The normalized spacial score (nSPS) is 10.5. The van der Waals surface area contributed by atoms with Crippen LogP contribution in [0.5, 0.6) is 5.75 Å². The highest BCUT2D eigenvalue weighted by atomic mass is 79.9. The Morgan fingerprint density at radius 3 is 2.86 bits per heavy atom. The minimum absolute atomic E-state index is 0.862. The molecule has 2 aromatic rings. The van der Waals surface area contributed by atoms with E-state index in [2.05, 4.69) is 27.8 Å². The van der Waals surface area contributed by atoms with Crippen LogP contribution in [0.4, 0.5) is 0 Å². The first-order chi connectivity index (χ1) is 6.72. The second-order valence-corrected chi connectivity index (χ2v) is 3.97. The van der Waals surface area contributed by atoms with Crippen molar-refractivity contribution >= 4 is 26.8 Å². The number of halogens is 1. The summed E-state index contributed by atoms with van der Waals surface area (Å²) in [6.07, 6.45) is 1.82. The van der Waals surface area contributed by atoms with Gasteiger partial charge in [-0.3, -0.25) is 4.98 Å². The average molecular weight is 252 g/mol. The number of hydrogen-bond acceptors (Lipinski definition) is 2. The van der Waals surface area contributed by atoms with E-state index in [0.717, 1.165) is 21.1 Å². The molecule has 3 heteroatoms. The monoisotopic (exact) mass is 251 g/mol. The maximum Gasteiger partial charge on any atom is 0.119 e. The third-order valence-corrected chi connectivity index (χ3v) is 3.08. The number of aromatic nitrogens is 1. The number of rotatable bonds is 1. The molecule has 1 aromatic carbocycles. The minimum Gasteiger partial charge on any atom is -0.497 e. The summed E-state index contributed by atoms with van der Waals surface area (Å²) >= 11 is 3.46. The Kier molecular flexibility index (Phi) is 2.42. The number of pyridine rings is 1. The molecule has 0 saturated heterocycles. The van der Waals surface area contributed by atoms with Gasteiger partial charge in [0.25, 0.3) is 0 Å². The van der Waals surface area contributed by atoms with Gasteiger partial charge in [0.15, 0.2) is 0 Å². The molecule has 2 nitrogen and oxygen atoms in total. The first-order valence-electron chi connectivity index (χ1n) is 4.31. The van der Waals surface area contributed by atoms with Gasteiger partial charge in [-0.05, 0) is 46.6 Å². The Labute approximate surface area is 91.0 Å². The Morgan fingerprint density at radius 2 is 2.14 bits per heavy atom. The van der Waals surface area contributed by atoms with Crippen molar-refractivity contribution in [1.82, 2.24) is 4.98 Å². The molecule has 0 saturated carbocycles. The quantitative estimate of drug-likeness (QED) is 0.776. The number of benzene rings is 1. The summed E-state index contributed by atoms with van der Waals surface area (Å²) in [4.78, 5) is 4.31. The van der Waals surface area contributed by atoms with Crippen LogP contribution in [0.15, 0.2) is 28.9 Å². The van der Waals surface area contributed by atoms with Crippen molar-refractivity contribution in [2.75, 3.05) is 7.11 Å². The summed E-state index contributed by atoms with van der Waals surface area (Å²) in [5.41, 5.74) is 2.18. The average Bonchev–Trinajstić information content (AvgIpc) is 2.23. The fourth-order valence-electron chi connectivity index (χ4n) is 1.41. The molecule has 0 N–H and O–H groups in total. The van der Waals surface area contributed by atoms with Crippen LogP contribution in [0.1, 0.15) is 5.56 Å². The topological polar surface area (TPSA) is 22.1 Å². The summed E-state index contributed by atoms with van der Waals surface area (Å²) in [5.74, 6) is 0.862. The van der Waals surface area contributed by atoms with Gasteiger partial charge in [0, 0.05) is 16.1 Å². The van der Waals surface area contributed by atoms with Crippen molar-refractivity contribution in [2.24, 2.45) is 0 Å². The highest BCUT2D eigenvalue weighted by Gasteiger charge is 2.03. The third kappa shape index (κ3) is 1.48. The zero-order valence-electron chi connectivity index (χ0n) is 8.04. The molecular formula is C11H10BrNO. The zero-order valence-corrected chi connectivity index (χ0v) is 9.63. The van der Waals surface area contributed by atoms with Gasteiger partial charge in [-0.2, -0.15) is 0 Å². The number of ether oxygens (including phenoxy) is 1. The van der Waals surface area contributed by atoms with E-state index >= 15 is 0 Å². The van der Waals surface area contributed by atoms with E-state index in [0.29, 0.717) is 0 Å². The van der Waals surface area contributed by atoms with Crippen molar-refractivity contribution in [2.45, 2.75) is 6.92 Å². The molecule has 1 aromatic heterocycles. The summed E-state index contributed by atoms with van der Waals surface area (Å²) in [6, 6.07) is 5.89. The molecule has 14 heavy (non-hydrogen) atoms. The lowest BCUT2D eigenvalue weighted by molar-refractivity contribution is 0.415. The largest absolute Gasteiger partial charge is 0.497 e. The molecule has 0 aliphatic rings. The molecular weight excluding hydrogens is 242 g/mol. The Balaban J connectivity index is 2.78. The van der Waals surface area contributed by atoms with Crippen molar-refractivity contribution < 1.29 is 4.74 Å². The third-order valence-electron chi connectivity index (χ3n) is 2.28. The van der Waals surface area contributed by atoms with E-state index in [1.807, 2.05) is 24.4 Å². The van der Waals surface area contributed by atoms with E-state index in [9.17, 15) is 0 Å². The lowest BCUT2D eigenvalue weighted by Gasteiger charge is -2.05. The molecule has 72 valence electrons. The number of aryl methyl sites for hydroxylation is 1. The van der Waals surface area contributed by atoms with E-state index < -0.39 is 0 Å². The number of nitrogens with zero attached hydrogens (tertiary/aromatic N) is 1. The molecule has 0 atom stereocenters. The summed E-state index contributed by atoms with van der Waals surface area (Å²) in [7, 11) is 1.67. The highest BCUT2D eigenvalue weighted by molar-refractivity contribution is 9.10. The molecule has 2 rings (SSSR count). The lowest BCUT2D eigenvalue weighted by Crippen LogP contribution is -1.87. The number of methoxy groups -OCH3 is 1. The molecule has 0 radical (unpaired) electrons. The molecule has 0 aliphatic carbocycles. The fourth-order valence-corrected chi connectivity index (χ4v) is 1.72. The second-order valence-electron chi connectivity index (χ2n) is 3.11. The molecule has 0 amide bonds. The van der Waals surface area contributed by atoms with Gasteiger partial charge in [0.2, 0.25) is 0 Å². The van der Waals surface area contributed by atoms with E-state index in [4.69, 9.17) is 4.74 Å². The van der Waals surface area contributed by atoms with Crippen LogP contribution < -0.4 is 4.74 Å². The van der Waals surface area contributed by atoms with Crippen LogP contribution in [0.2, 0.25) is 0 Å². The smallest absolute Gasteiger partial charge is 0.119 e. The van der Waals surface area contributed by atoms with Crippen LogP contribution in [0, 0.1) is 6.92 Å². The fraction of sp³-hybridized carbons (Fsp3) is 0.182. The van der Waals surface area contributed by atoms with Crippen LogP contribution >= 0.6 is 15.9 Å². The van der Waals surface area contributed by atoms with Crippen LogP contribution in [0.25, 0.3) is 10.9 Å². The molecule has 0 aliphatic heterocycles. The van der Waals surface area contributed by atoms with Crippen molar-refractivity contribution in [1.29, 1.82) is 0 Å². The SMILES string of the molecule is COc1ccc2ncc(Br)c(C)c2c1. The van der Waals surface area contributed by atoms with Gasteiger partial charge >= 0.3 is 0 Å². The summed E-state index contributed by atoms with van der Waals surface area (Å²) in [5, 5.41) is 1.12. The van der Waals surface area contributed by atoms with Crippen molar-refractivity contribution in [3.05, 3.63) is 34.4 Å². The van der Waals surface area contributed by atoms with Crippen molar-refractivity contribution in [3.63, 3.8) is 0 Å². The molecule has 0 bridgehead atoms. The zero-order chi connectivity index (χ0) is 10.1. The van der Waals surface area contributed by atoms with Crippen LogP contribution in [-0.4, -0.2) is 12.1 Å². The van der Waals surface area contributed by atoms with Crippen LogP contribution in [0.3, 0.4) is 0 Å². The Bertz CT molecular complexity index is 482. The van der Waals surface area contributed by atoms with E-state index in [1.165, 1.54) is 5.56 Å². The predicted molar refractivity (Wildman–Crippen MR) is 60.7 cm³/mol. The second kappa shape index (κ2) is 3.58. The van der Waals surface area contributed by atoms with Crippen LogP contribution in [-0.2, 0) is 0 Å².